The van der Waals surface area contributed by atoms with E-state index in [0.29, 0.717) is 6.04 Å². The molecule has 2 heterocycles. The van der Waals surface area contributed by atoms with Gasteiger partial charge in [-0.15, -0.1) is 11.3 Å². The van der Waals surface area contributed by atoms with Gasteiger partial charge in [0.05, 0.1) is 5.56 Å². The zero-order valence-corrected chi connectivity index (χ0v) is 17.8. The van der Waals surface area contributed by atoms with Crippen molar-refractivity contribution in [1.82, 2.24) is 15.5 Å². The van der Waals surface area contributed by atoms with Crippen molar-refractivity contribution in [2.24, 2.45) is 5.92 Å². The molecule has 0 aromatic carbocycles. The summed E-state index contributed by atoms with van der Waals surface area (Å²) in [7, 11) is 0. The first-order valence-electron chi connectivity index (χ1n) is 11.1. The molecule has 2 fully saturated rings. The van der Waals surface area contributed by atoms with Crippen molar-refractivity contribution in [1.29, 1.82) is 0 Å². The molecule has 1 saturated heterocycles. The van der Waals surface area contributed by atoms with Crippen molar-refractivity contribution in [2.75, 3.05) is 13.1 Å². The Morgan fingerprint density at radius 3 is 2.46 bits per heavy atom. The van der Waals surface area contributed by atoms with Crippen molar-refractivity contribution in [2.45, 2.75) is 83.2 Å². The van der Waals surface area contributed by atoms with Gasteiger partial charge in [0.15, 0.2) is 0 Å². The van der Waals surface area contributed by atoms with Crippen molar-refractivity contribution >= 4 is 23.3 Å². The number of rotatable bonds is 3. The van der Waals surface area contributed by atoms with Gasteiger partial charge in [-0.1, -0.05) is 26.2 Å². The monoisotopic (exact) mass is 403 g/mol. The largest absolute Gasteiger partial charge is 0.349 e. The fourth-order valence-corrected chi connectivity index (χ4v) is 6.12. The molecule has 1 aromatic rings. The second kappa shape index (κ2) is 8.85. The van der Waals surface area contributed by atoms with E-state index in [4.69, 9.17) is 0 Å². The lowest BCUT2D eigenvalue weighted by atomic mass is 9.88. The number of thiophene rings is 1. The summed E-state index contributed by atoms with van der Waals surface area (Å²) >= 11 is 1.74. The van der Waals surface area contributed by atoms with Crippen LogP contribution in [-0.2, 0) is 12.8 Å². The molecule has 3 amide bonds. The molecule has 1 saturated carbocycles. The van der Waals surface area contributed by atoms with E-state index >= 15 is 0 Å². The maximum absolute atomic E-state index is 12.8. The molecule has 3 aliphatic rings. The van der Waals surface area contributed by atoms with Gasteiger partial charge in [0, 0.05) is 35.4 Å². The van der Waals surface area contributed by atoms with Gasteiger partial charge in [0.1, 0.15) is 0 Å². The number of nitrogens with zero attached hydrogens (tertiary/aromatic N) is 1. The zero-order valence-electron chi connectivity index (χ0n) is 17.0. The Hall–Kier alpha value is -1.56. The van der Waals surface area contributed by atoms with Crippen LogP contribution in [0.4, 0.5) is 4.79 Å². The van der Waals surface area contributed by atoms with Gasteiger partial charge < -0.3 is 15.5 Å². The number of piperidine rings is 1. The number of carbonyl (C=O) groups is 2. The average Bonchev–Trinajstić information content (AvgIpc) is 3.12. The highest BCUT2D eigenvalue weighted by Gasteiger charge is 2.28. The number of hydrogen-bond acceptors (Lipinski definition) is 3. The molecule has 0 spiro atoms. The summed E-state index contributed by atoms with van der Waals surface area (Å²) in [6.07, 6.45) is 11.0. The highest BCUT2D eigenvalue weighted by atomic mass is 32.1. The smallest absolute Gasteiger partial charge is 0.317 e. The van der Waals surface area contributed by atoms with Crippen LogP contribution in [0.25, 0.3) is 0 Å². The molecule has 1 aliphatic heterocycles. The second-order valence-electron chi connectivity index (χ2n) is 8.92. The van der Waals surface area contributed by atoms with E-state index in [9.17, 15) is 9.59 Å². The van der Waals surface area contributed by atoms with Crippen LogP contribution in [0.3, 0.4) is 0 Å². The highest BCUT2D eigenvalue weighted by molar-refractivity contribution is 7.10. The van der Waals surface area contributed by atoms with Gasteiger partial charge in [0.2, 0.25) is 0 Å². The van der Waals surface area contributed by atoms with E-state index in [1.165, 1.54) is 36.1 Å². The fourth-order valence-electron chi connectivity index (χ4n) is 4.87. The summed E-state index contributed by atoms with van der Waals surface area (Å²) in [4.78, 5) is 28.6. The number of likely N-dealkylation sites (tertiary alicyclic amines) is 1. The van der Waals surface area contributed by atoms with E-state index in [1.54, 1.807) is 11.3 Å². The quantitative estimate of drug-likeness (QED) is 0.798. The van der Waals surface area contributed by atoms with Gasteiger partial charge in [0.25, 0.3) is 5.91 Å². The summed E-state index contributed by atoms with van der Waals surface area (Å²) < 4.78 is 0. The number of carbonyl (C=O) groups excluding carboxylic acids is 2. The second-order valence-corrected chi connectivity index (χ2v) is 9.88. The van der Waals surface area contributed by atoms with Crippen LogP contribution in [0, 0.1) is 5.92 Å². The maximum atomic E-state index is 12.8. The lowest BCUT2D eigenvalue weighted by Gasteiger charge is -2.34. The Morgan fingerprint density at radius 2 is 1.71 bits per heavy atom. The van der Waals surface area contributed by atoms with E-state index in [1.807, 2.05) is 10.3 Å². The van der Waals surface area contributed by atoms with Crippen LogP contribution in [0.2, 0.25) is 0 Å². The standard InChI is InChI=1S/C22H33N3O2S/c1-15-7-8-18-19(14-28-20(18)13-15)21(26)23-17-9-11-25(12-10-17)22(27)24-16-5-3-2-4-6-16/h14-17H,2-13H2,1H3,(H,23,26)(H,24,27). The molecule has 154 valence electrons. The van der Waals surface area contributed by atoms with Crippen molar-refractivity contribution in [3.63, 3.8) is 0 Å². The van der Waals surface area contributed by atoms with E-state index in [0.717, 1.165) is 63.1 Å². The topological polar surface area (TPSA) is 61.4 Å². The predicted octanol–water partition coefficient (Wildman–Crippen LogP) is 4.11. The fraction of sp³-hybridized carbons (Fsp3) is 0.727. The Balaban J connectivity index is 1.25. The molecule has 6 heteroatoms. The number of fused-ring (bicyclic) bond motifs is 1. The van der Waals surface area contributed by atoms with E-state index < -0.39 is 0 Å². The lowest BCUT2D eigenvalue weighted by molar-refractivity contribution is 0.0916. The molecule has 0 bridgehead atoms. The minimum absolute atomic E-state index is 0.0807. The molecule has 1 unspecified atom stereocenters. The van der Waals surface area contributed by atoms with Crippen molar-refractivity contribution < 1.29 is 9.59 Å². The Labute approximate surface area is 172 Å². The average molecular weight is 404 g/mol. The minimum Gasteiger partial charge on any atom is -0.349 e. The van der Waals surface area contributed by atoms with E-state index in [-0.39, 0.29) is 18.0 Å². The van der Waals surface area contributed by atoms with Gasteiger partial charge in [-0.3, -0.25) is 4.79 Å². The number of amides is 3. The molecule has 4 rings (SSSR count). The van der Waals surface area contributed by atoms with Gasteiger partial charge in [-0.25, -0.2) is 4.79 Å². The number of nitrogens with one attached hydrogen (secondary N) is 2. The number of urea groups is 1. The molecule has 1 aromatic heterocycles. The van der Waals surface area contributed by atoms with Gasteiger partial charge in [-0.05, 0) is 56.4 Å². The lowest BCUT2D eigenvalue weighted by Crippen LogP contribution is -2.51. The maximum Gasteiger partial charge on any atom is 0.317 e. The third-order valence-corrected chi connectivity index (χ3v) is 7.75. The van der Waals surface area contributed by atoms with Gasteiger partial charge >= 0.3 is 6.03 Å². The Kier molecular flexibility index (Phi) is 6.24. The van der Waals surface area contributed by atoms with Crippen molar-refractivity contribution in [3.05, 3.63) is 21.4 Å². The summed E-state index contributed by atoms with van der Waals surface area (Å²) in [6.45, 7) is 3.74. The molecule has 0 radical (unpaired) electrons. The molecule has 5 nitrogen and oxygen atoms in total. The molecular weight excluding hydrogens is 370 g/mol. The minimum atomic E-state index is 0.0807. The first-order valence-corrected chi connectivity index (χ1v) is 11.9. The highest BCUT2D eigenvalue weighted by Crippen LogP contribution is 2.33. The molecule has 2 N–H and O–H groups in total. The normalized spacial score (nSPS) is 23.9. The van der Waals surface area contributed by atoms with Crippen LogP contribution in [0.5, 0.6) is 0 Å². The molecule has 28 heavy (non-hydrogen) atoms. The van der Waals surface area contributed by atoms with Crippen LogP contribution >= 0.6 is 11.3 Å². The first kappa shape index (κ1) is 19.7. The summed E-state index contributed by atoms with van der Waals surface area (Å²) in [5.74, 6) is 0.809. The zero-order chi connectivity index (χ0) is 19.5. The van der Waals surface area contributed by atoms with Crippen molar-refractivity contribution in [3.8, 4) is 0 Å². The third-order valence-electron chi connectivity index (χ3n) is 6.70. The van der Waals surface area contributed by atoms with Crippen LogP contribution < -0.4 is 10.6 Å². The third kappa shape index (κ3) is 4.53. The first-order chi connectivity index (χ1) is 13.6. The number of hydrogen-bond donors (Lipinski definition) is 2. The predicted molar refractivity (Wildman–Crippen MR) is 113 cm³/mol. The summed E-state index contributed by atoms with van der Waals surface area (Å²) in [5.41, 5.74) is 2.18. The Morgan fingerprint density at radius 1 is 1.00 bits per heavy atom. The van der Waals surface area contributed by atoms with Gasteiger partial charge in [-0.2, -0.15) is 0 Å². The van der Waals surface area contributed by atoms with Crippen LogP contribution in [-0.4, -0.2) is 42.0 Å². The summed E-state index contributed by atoms with van der Waals surface area (Å²) in [6, 6.07) is 0.605. The SMILES string of the molecule is CC1CCc2c(C(=O)NC3CCN(C(=O)NC4CCCCC4)CC3)csc2C1. The summed E-state index contributed by atoms with van der Waals surface area (Å²) in [5, 5.41) is 8.48. The molecule has 2 aliphatic carbocycles. The van der Waals surface area contributed by atoms with Crippen LogP contribution in [0.15, 0.2) is 5.38 Å². The molecular formula is C22H33N3O2S. The van der Waals surface area contributed by atoms with Crippen LogP contribution in [0.1, 0.15) is 79.1 Å². The van der Waals surface area contributed by atoms with E-state index in [2.05, 4.69) is 17.6 Å². The molecule has 1 atom stereocenters. The Bertz CT molecular complexity index is 703.